The van der Waals surface area contributed by atoms with Crippen LogP contribution in [0.3, 0.4) is 0 Å². The maximum atomic E-state index is 6.53. The van der Waals surface area contributed by atoms with Crippen molar-refractivity contribution in [1.29, 1.82) is 0 Å². The highest BCUT2D eigenvalue weighted by Crippen LogP contribution is 2.25. The van der Waals surface area contributed by atoms with Gasteiger partial charge in [0, 0.05) is 18.7 Å². The number of nitrogens with two attached hydrogens (primary N) is 1. The lowest BCUT2D eigenvalue weighted by atomic mass is 9.99. The molecule has 3 rings (SSSR count). The van der Waals surface area contributed by atoms with E-state index >= 15 is 0 Å². The highest BCUT2D eigenvalue weighted by Gasteiger charge is 2.26. The minimum Gasteiger partial charge on any atom is -0.497 e. The van der Waals surface area contributed by atoms with E-state index in [9.17, 15) is 0 Å². The number of nitrogens with zero attached hydrogens (tertiary/aromatic N) is 1. The highest BCUT2D eigenvalue weighted by molar-refractivity contribution is 5.83. The molecule has 0 bridgehead atoms. The van der Waals surface area contributed by atoms with Gasteiger partial charge in [0.25, 0.3) is 0 Å². The summed E-state index contributed by atoms with van der Waals surface area (Å²) in [5.41, 5.74) is 6.74. The Hall–Kier alpha value is -3.19. The van der Waals surface area contributed by atoms with E-state index in [0.29, 0.717) is 25.5 Å². The van der Waals surface area contributed by atoms with Crippen LogP contribution in [0.1, 0.15) is 5.56 Å². The number of para-hydroxylation sites is 1. The fraction of sp³-hybridized carbons (Fsp3) is 0.286. The lowest BCUT2D eigenvalue weighted by Crippen LogP contribution is -2.61. The Morgan fingerprint density at radius 1 is 1.00 bits per heavy atom. The second-order valence-electron chi connectivity index (χ2n) is 6.43. The molecule has 2 aromatic carbocycles. The molecular formula is C21H26N4O3. The average molecular weight is 382 g/mol. The molecule has 7 nitrogen and oxygen atoms in total. The van der Waals surface area contributed by atoms with Crippen LogP contribution in [-0.2, 0) is 6.42 Å². The van der Waals surface area contributed by atoms with Crippen LogP contribution < -0.4 is 30.6 Å². The standard InChI is InChI=1S/C21H26N4O3/c1-26-18-12-16(13-19(14-18)27-2)15-21(22)8-9-23-20(25-21)24-10-11-28-17-6-4-3-5-7-17/h3-9,12-14H,10-11,15,22H2,1-2H3,(H2,23,24,25). The SMILES string of the molecule is COc1cc(CC2(N)C=CNC(=NCCOc3ccccc3)N2)cc(OC)c1. The smallest absolute Gasteiger partial charge is 0.197 e. The molecule has 148 valence electrons. The first-order valence-corrected chi connectivity index (χ1v) is 9.06. The van der Waals surface area contributed by atoms with E-state index in [-0.39, 0.29) is 0 Å². The first kappa shape index (κ1) is 19.6. The van der Waals surface area contributed by atoms with Gasteiger partial charge in [0.1, 0.15) is 29.5 Å². The van der Waals surface area contributed by atoms with Gasteiger partial charge in [-0.2, -0.15) is 0 Å². The second-order valence-corrected chi connectivity index (χ2v) is 6.43. The zero-order chi connectivity index (χ0) is 19.8. The molecule has 28 heavy (non-hydrogen) atoms. The van der Waals surface area contributed by atoms with E-state index < -0.39 is 5.66 Å². The Morgan fingerprint density at radius 3 is 2.39 bits per heavy atom. The molecule has 2 aromatic rings. The van der Waals surface area contributed by atoms with Crippen LogP contribution in [0.4, 0.5) is 0 Å². The first-order valence-electron chi connectivity index (χ1n) is 9.06. The topological polar surface area (TPSA) is 90.1 Å². The third-order valence-electron chi connectivity index (χ3n) is 4.23. The van der Waals surface area contributed by atoms with Crippen molar-refractivity contribution in [2.75, 3.05) is 27.4 Å². The third-order valence-corrected chi connectivity index (χ3v) is 4.23. The van der Waals surface area contributed by atoms with Crippen LogP contribution in [0.25, 0.3) is 0 Å². The van der Waals surface area contributed by atoms with Crippen LogP contribution in [0.2, 0.25) is 0 Å². The van der Waals surface area contributed by atoms with Crippen LogP contribution in [0.15, 0.2) is 65.8 Å². The molecule has 7 heteroatoms. The van der Waals surface area contributed by atoms with Gasteiger partial charge >= 0.3 is 0 Å². The van der Waals surface area contributed by atoms with Crippen molar-refractivity contribution in [2.24, 2.45) is 10.7 Å². The summed E-state index contributed by atoms with van der Waals surface area (Å²) in [4.78, 5) is 4.49. The van der Waals surface area contributed by atoms with Crippen molar-refractivity contribution in [3.8, 4) is 17.2 Å². The fourth-order valence-electron chi connectivity index (χ4n) is 2.90. The molecule has 1 aliphatic heterocycles. The summed E-state index contributed by atoms with van der Waals surface area (Å²) in [5, 5.41) is 6.32. The number of benzene rings is 2. The van der Waals surface area contributed by atoms with Gasteiger partial charge in [-0.15, -0.1) is 0 Å². The molecule has 4 N–H and O–H groups in total. The molecular weight excluding hydrogens is 356 g/mol. The van der Waals surface area contributed by atoms with Crippen molar-refractivity contribution < 1.29 is 14.2 Å². The summed E-state index contributed by atoms with van der Waals surface area (Å²) < 4.78 is 16.3. The number of hydrogen-bond donors (Lipinski definition) is 3. The van der Waals surface area contributed by atoms with Crippen molar-refractivity contribution >= 4 is 5.96 Å². The molecule has 1 heterocycles. The molecule has 1 atom stereocenters. The Balaban J connectivity index is 1.60. The number of methoxy groups -OCH3 is 2. The molecule has 1 aliphatic rings. The predicted octanol–water partition coefficient (Wildman–Crippen LogP) is 2.04. The zero-order valence-corrected chi connectivity index (χ0v) is 16.1. The van der Waals surface area contributed by atoms with E-state index in [2.05, 4.69) is 15.6 Å². The fourth-order valence-corrected chi connectivity index (χ4v) is 2.90. The number of rotatable bonds is 8. The highest BCUT2D eigenvalue weighted by atomic mass is 16.5. The average Bonchev–Trinajstić information content (AvgIpc) is 2.71. The maximum absolute atomic E-state index is 6.53. The molecule has 0 radical (unpaired) electrons. The predicted molar refractivity (Wildman–Crippen MR) is 110 cm³/mol. The molecule has 0 spiro atoms. The van der Waals surface area contributed by atoms with Gasteiger partial charge in [-0.3, -0.25) is 0 Å². The first-order chi connectivity index (χ1) is 13.6. The second kappa shape index (κ2) is 9.14. The number of guanidine groups is 1. The summed E-state index contributed by atoms with van der Waals surface area (Å²) >= 11 is 0. The molecule has 1 unspecified atom stereocenters. The van der Waals surface area contributed by atoms with Crippen LogP contribution in [-0.4, -0.2) is 39.0 Å². The summed E-state index contributed by atoms with van der Waals surface area (Å²) in [7, 11) is 3.25. The Morgan fingerprint density at radius 2 is 1.71 bits per heavy atom. The summed E-state index contributed by atoms with van der Waals surface area (Å²) in [6, 6.07) is 15.4. The van der Waals surface area contributed by atoms with E-state index in [1.54, 1.807) is 20.4 Å². The van der Waals surface area contributed by atoms with Crippen molar-refractivity contribution in [3.63, 3.8) is 0 Å². The van der Waals surface area contributed by atoms with Crippen molar-refractivity contribution in [3.05, 3.63) is 66.4 Å². The number of aliphatic imine (C=N–C) groups is 1. The molecule has 0 amide bonds. The third kappa shape index (κ3) is 5.40. The largest absolute Gasteiger partial charge is 0.497 e. The lowest BCUT2D eigenvalue weighted by molar-refractivity contribution is 0.328. The quantitative estimate of drug-likeness (QED) is 0.606. The van der Waals surface area contributed by atoms with Gasteiger partial charge in [-0.25, -0.2) is 4.99 Å². The molecule has 0 aromatic heterocycles. The number of ether oxygens (including phenoxy) is 3. The van der Waals surface area contributed by atoms with E-state index in [1.165, 1.54) is 0 Å². The summed E-state index contributed by atoms with van der Waals surface area (Å²) in [5.74, 6) is 2.88. The van der Waals surface area contributed by atoms with Gasteiger partial charge in [-0.1, -0.05) is 18.2 Å². The summed E-state index contributed by atoms with van der Waals surface area (Å²) in [6.45, 7) is 0.979. The molecule has 0 aliphatic carbocycles. The Bertz CT molecular complexity index is 817. The van der Waals surface area contributed by atoms with Crippen LogP contribution in [0.5, 0.6) is 17.2 Å². The molecule has 0 saturated carbocycles. The minimum absolute atomic E-state index is 0.477. The van der Waals surface area contributed by atoms with Crippen molar-refractivity contribution in [2.45, 2.75) is 12.1 Å². The maximum Gasteiger partial charge on any atom is 0.197 e. The normalized spacial score (nSPS) is 19.6. The van der Waals surface area contributed by atoms with Crippen LogP contribution >= 0.6 is 0 Å². The minimum atomic E-state index is -0.776. The Labute approximate surface area is 165 Å². The number of nitrogens with one attached hydrogen (secondary N) is 2. The van der Waals surface area contributed by atoms with E-state index in [4.69, 9.17) is 19.9 Å². The van der Waals surface area contributed by atoms with Gasteiger partial charge in [-0.05, 0) is 35.9 Å². The number of hydrogen-bond acceptors (Lipinski definition) is 5. The van der Waals surface area contributed by atoms with Crippen LogP contribution in [0, 0.1) is 0 Å². The zero-order valence-electron chi connectivity index (χ0n) is 16.1. The van der Waals surface area contributed by atoms with Gasteiger partial charge < -0.3 is 30.6 Å². The van der Waals surface area contributed by atoms with Gasteiger partial charge in [0.05, 0.1) is 20.8 Å². The van der Waals surface area contributed by atoms with Gasteiger partial charge in [0.15, 0.2) is 5.96 Å². The monoisotopic (exact) mass is 382 g/mol. The molecule has 0 saturated heterocycles. The van der Waals surface area contributed by atoms with E-state index in [1.807, 2.05) is 54.6 Å². The molecule has 0 fully saturated rings. The van der Waals surface area contributed by atoms with Gasteiger partial charge in [0.2, 0.25) is 0 Å². The summed E-state index contributed by atoms with van der Waals surface area (Å²) in [6.07, 6.45) is 4.21. The van der Waals surface area contributed by atoms with E-state index in [0.717, 1.165) is 22.8 Å². The van der Waals surface area contributed by atoms with Crippen molar-refractivity contribution in [1.82, 2.24) is 10.6 Å². The Kier molecular flexibility index (Phi) is 6.39. The lowest BCUT2D eigenvalue weighted by Gasteiger charge is -2.32.